The molecule has 0 saturated heterocycles. The first-order valence-electron chi connectivity index (χ1n) is 8.85. The average molecular weight is 366 g/mol. The van der Waals surface area contributed by atoms with Crippen LogP contribution in [0.5, 0.6) is 0 Å². The van der Waals surface area contributed by atoms with Gasteiger partial charge in [-0.2, -0.15) is 0 Å². The van der Waals surface area contributed by atoms with E-state index in [1.807, 2.05) is 12.1 Å². The Bertz CT molecular complexity index is 875. The van der Waals surface area contributed by atoms with E-state index in [1.165, 1.54) is 21.2 Å². The first kappa shape index (κ1) is 18.5. The number of carbonyl (C=O) groups is 1. The van der Waals surface area contributed by atoms with Gasteiger partial charge in [0.25, 0.3) is 0 Å². The summed E-state index contributed by atoms with van der Waals surface area (Å²) in [4.78, 5) is 14.7. The average Bonchev–Trinajstić information content (AvgIpc) is 2.65. The van der Waals surface area contributed by atoms with Gasteiger partial charge in [0, 0.05) is 17.0 Å². The number of fused-ring (bicyclic) bond motifs is 1. The first-order valence-corrected chi connectivity index (χ1v) is 9.84. The third-order valence-electron chi connectivity index (χ3n) is 4.16. The van der Waals surface area contributed by atoms with Gasteiger partial charge in [-0.1, -0.05) is 54.6 Å². The molecule has 0 spiro atoms. The number of carbonyl (C=O) groups excluding carboxylic acids is 1. The van der Waals surface area contributed by atoms with Crippen LogP contribution in [0, 0.1) is 0 Å². The molecule has 3 rings (SSSR count). The molecular formula is C22H25N2OS+. The lowest BCUT2D eigenvalue weighted by Crippen LogP contribution is -3.04. The Hall–Kier alpha value is -2.30. The number of hydrogen-bond donors (Lipinski definition) is 2. The van der Waals surface area contributed by atoms with Crippen molar-refractivity contribution in [2.24, 2.45) is 0 Å². The molecule has 0 aliphatic heterocycles. The van der Waals surface area contributed by atoms with Crippen molar-refractivity contribution in [1.82, 2.24) is 5.32 Å². The monoisotopic (exact) mass is 365 g/mol. The largest absolute Gasteiger partial charge is 0.351 e. The van der Waals surface area contributed by atoms with Crippen molar-refractivity contribution in [3.8, 4) is 0 Å². The third kappa shape index (κ3) is 5.35. The summed E-state index contributed by atoms with van der Waals surface area (Å²) in [6.07, 6.45) is 0. The quantitative estimate of drug-likeness (QED) is 0.631. The Morgan fingerprint density at radius 3 is 2.35 bits per heavy atom. The molecule has 0 aliphatic carbocycles. The minimum atomic E-state index is 0.0602. The summed E-state index contributed by atoms with van der Waals surface area (Å²) in [6, 6.07) is 23.0. The summed E-state index contributed by atoms with van der Waals surface area (Å²) >= 11 is 1.57. The molecule has 4 heteroatoms. The van der Waals surface area contributed by atoms with Crippen molar-refractivity contribution in [1.29, 1.82) is 0 Å². The van der Waals surface area contributed by atoms with Crippen LogP contribution in [0.2, 0.25) is 0 Å². The van der Waals surface area contributed by atoms with E-state index in [-0.39, 0.29) is 5.91 Å². The molecule has 0 heterocycles. The van der Waals surface area contributed by atoms with Gasteiger partial charge in [-0.25, -0.2) is 0 Å². The van der Waals surface area contributed by atoms with Gasteiger partial charge >= 0.3 is 0 Å². The molecule has 3 nitrogen and oxygen atoms in total. The molecule has 26 heavy (non-hydrogen) atoms. The summed E-state index contributed by atoms with van der Waals surface area (Å²) in [5, 5.41) is 5.43. The standard InChI is InChI=1S/C22H24N2OS/c1-24(2)15-18-9-7-17(8-10-18)14-23-22(25)16-26-21-12-11-19-5-3-4-6-20(19)13-21/h3-13H,14-16H2,1-2H3,(H,23,25)/p+1. The van der Waals surface area contributed by atoms with Crippen LogP contribution in [0.25, 0.3) is 10.8 Å². The molecule has 2 N–H and O–H groups in total. The second-order valence-electron chi connectivity index (χ2n) is 6.77. The second kappa shape index (κ2) is 8.88. The Morgan fingerprint density at radius 1 is 0.923 bits per heavy atom. The lowest BCUT2D eigenvalue weighted by Gasteiger charge is -2.09. The van der Waals surface area contributed by atoms with Crippen LogP contribution in [0.1, 0.15) is 11.1 Å². The molecule has 1 amide bonds. The van der Waals surface area contributed by atoms with Crippen LogP contribution < -0.4 is 10.2 Å². The summed E-state index contributed by atoms with van der Waals surface area (Å²) in [7, 11) is 4.28. The molecule has 0 radical (unpaired) electrons. The predicted molar refractivity (Wildman–Crippen MR) is 109 cm³/mol. The van der Waals surface area contributed by atoms with Crippen LogP contribution in [0.15, 0.2) is 71.6 Å². The third-order valence-corrected chi connectivity index (χ3v) is 5.15. The highest BCUT2D eigenvalue weighted by atomic mass is 32.2. The van der Waals surface area contributed by atoms with Gasteiger partial charge in [0.2, 0.25) is 5.91 Å². The second-order valence-corrected chi connectivity index (χ2v) is 7.82. The van der Waals surface area contributed by atoms with Gasteiger partial charge in [0.1, 0.15) is 6.54 Å². The SMILES string of the molecule is C[NH+](C)Cc1ccc(CNC(=O)CSc2ccc3ccccc3c2)cc1. The molecule has 3 aromatic rings. The Labute approximate surface area is 159 Å². The molecular weight excluding hydrogens is 340 g/mol. The number of quaternary nitrogens is 1. The maximum Gasteiger partial charge on any atom is 0.230 e. The van der Waals surface area contributed by atoms with Crippen LogP contribution in [0.3, 0.4) is 0 Å². The van der Waals surface area contributed by atoms with E-state index in [1.54, 1.807) is 11.8 Å². The summed E-state index contributed by atoms with van der Waals surface area (Å²) in [5.74, 6) is 0.491. The van der Waals surface area contributed by atoms with Gasteiger partial charge in [-0.05, 0) is 28.5 Å². The molecule has 0 bridgehead atoms. The molecule has 134 valence electrons. The highest BCUT2D eigenvalue weighted by Gasteiger charge is 2.05. The van der Waals surface area contributed by atoms with Crippen molar-refractivity contribution in [3.63, 3.8) is 0 Å². The van der Waals surface area contributed by atoms with Crippen LogP contribution in [0.4, 0.5) is 0 Å². The lowest BCUT2D eigenvalue weighted by molar-refractivity contribution is -0.872. The lowest BCUT2D eigenvalue weighted by atomic mass is 10.1. The van der Waals surface area contributed by atoms with Crippen molar-refractivity contribution < 1.29 is 9.69 Å². The van der Waals surface area contributed by atoms with Gasteiger partial charge in [0.15, 0.2) is 0 Å². The van der Waals surface area contributed by atoms with E-state index in [0.29, 0.717) is 12.3 Å². The van der Waals surface area contributed by atoms with Gasteiger partial charge < -0.3 is 10.2 Å². The van der Waals surface area contributed by atoms with Gasteiger partial charge in [0.05, 0.1) is 19.8 Å². The Morgan fingerprint density at radius 2 is 1.62 bits per heavy atom. The van der Waals surface area contributed by atoms with Crippen molar-refractivity contribution in [3.05, 3.63) is 77.9 Å². The normalized spacial score (nSPS) is 11.0. The molecule has 0 aliphatic rings. The number of hydrogen-bond acceptors (Lipinski definition) is 2. The highest BCUT2D eigenvalue weighted by molar-refractivity contribution is 8.00. The summed E-state index contributed by atoms with van der Waals surface area (Å²) in [5.41, 5.74) is 2.44. The zero-order valence-electron chi connectivity index (χ0n) is 15.3. The topological polar surface area (TPSA) is 33.5 Å². The number of benzene rings is 3. The Balaban J connectivity index is 1.47. The van der Waals surface area contributed by atoms with Crippen molar-refractivity contribution >= 4 is 28.4 Å². The van der Waals surface area contributed by atoms with E-state index >= 15 is 0 Å². The van der Waals surface area contributed by atoms with Crippen LogP contribution in [-0.2, 0) is 17.9 Å². The number of thioether (sulfide) groups is 1. The molecule has 0 saturated carbocycles. The minimum Gasteiger partial charge on any atom is -0.351 e. The Kier molecular flexibility index (Phi) is 6.31. The van der Waals surface area contributed by atoms with Crippen molar-refractivity contribution in [2.45, 2.75) is 18.0 Å². The smallest absolute Gasteiger partial charge is 0.230 e. The van der Waals surface area contributed by atoms with E-state index in [2.05, 4.69) is 74.0 Å². The molecule has 3 aromatic carbocycles. The molecule has 0 unspecified atom stereocenters. The van der Waals surface area contributed by atoms with Crippen LogP contribution >= 0.6 is 11.8 Å². The predicted octanol–water partition coefficient (Wildman–Crippen LogP) is 2.89. The van der Waals surface area contributed by atoms with E-state index in [4.69, 9.17) is 0 Å². The zero-order valence-corrected chi connectivity index (χ0v) is 16.1. The maximum absolute atomic E-state index is 12.1. The molecule has 0 atom stereocenters. The summed E-state index contributed by atoms with van der Waals surface area (Å²) < 4.78 is 0. The van der Waals surface area contributed by atoms with Gasteiger partial charge in [-0.3, -0.25) is 4.79 Å². The number of nitrogens with one attached hydrogen (secondary N) is 2. The zero-order chi connectivity index (χ0) is 18.4. The first-order chi connectivity index (χ1) is 12.6. The number of rotatable bonds is 7. The molecule has 0 aromatic heterocycles. The fourth-order valence-electron chi connectivity index (χ4n) is 2.84. The number of amides is 1. The maximum atomic E-state index is 12.1. The molecule has 0 fully saturated rings. The van der Waals surface area contributed by atoms with Crippen molar-refractivity contribution in [2.75, 3.05) is 19.8 Å². The summed E-state index contributed by atoms with van der Waals surface area (Å²) in [6.45, 7) is 1.58. The van der Waals surface area contributed by atoms with E-state index in [0.717, 1.165) is 17.0 Å². The van der Waals surface area contributed by atoms with E-state index < -0.39 is 0 Å². The van der Waals surface area contributed by atoms with Crippen LogP contribution in [-0.4, -0.2) is 25.8 Å². The van der Waals surface area contributed by atoms with Gasteiger partial charge in [-0.15, -0.1) is 11.8 Å². The fourth-order valence-corrected chi connectivity index (χ4v) is 3.62. The van der Waals surface area contributed by atoms with E-state index in [9.17, 15) is 4.79 Å². The minimum absolute atomic E-state index is 0.0602. The highest BCUT2D eigenvalue weighted by Crippen LogP contribution is 2.23. The fraction of sp³-hybridized carbons (Fsp3) is 0.227.